The lowest BCUT2D eigenvalue weighted by Crippen LogP contribution is -2.21. The quantitative estimate of drug-likeness (QED) is 0.645. The summed E-state index contributed by atoms with van der Waals surface area (Å²) in [5.41, 5.74) is 4.70. The van der Waals surface area contributed by atoms with E-state index in [2.05, 4.69) is 45.3 Å². The van der Waals surface area contributed by atoms with E-state index in [0.717, 1.165) is 56.8 Å². The molecular weight excluding hydrogens is 395 g/mol. The molecule has 0 saturated heterocycles. The third-order valence-electron chi connectivity index (χ3n) is 5.01. The number of halogens is 2. The van der Waals surface area contributed by atoms with Crippen LogP contribution in [0.5, 0.6) is 0 Å². The van der Waals surface area contributed by atoms with Crippen molar-refractivity contribution in [1.82, 2.24) is 5.32 Å². The van der Waals surface area contributed by atoms with E-state index in [0.29, 0.717) is 18.4 Å². The fourth-order valence-corrected chi connectivity index (χ4v) is 4.03. The van der Waals surface area contributed by atoms with Crippen LogP contribution in [0.25, 0.3) is 11.0 Å². The number of amidine groups is 1. The minimum atomic E-state index is -0.183. The van der Waals surface area contributed by atoms with Crippen LogP contribution in [0.4, 0.5) is 4.39 Å². The Kier molecular flexibility index (Phi) is 4.57. The summed E-state index contributed by atoms with van der Waals surface area (Å²) >= 11 is 3.59. The molecule has 1 N–H and O–H groups in total. The first kappa shape index (κ1) is 17.3. The van der Waals surface area contributed by atoms with E-state index in [4.69, 9.17) is 4.42 Å². The van der Waals surface area contributed by atoms with Gasteiger partial charge in [-0.05, 0) is 61.6 Å². The molecule has 0 radical (unpaired) electrons. The Morgan fingerprint density at radius 1 is 1.23 bits per heavy atom. The van der Waals surface area contributed by atoms with Gasteiger partial charge < -0.3 is 9.73 Å². The molecule has 4 rings (SSSR count). The lowest BCUT2D eigenvalue weighted by Gasteiger charge is -2.12. The zero-order valence-corrected chi connectivity index (χ0v) is 16.4. The molecule has 2 aromatic carbocycles. The predicted molar refractivity (Wildman–Crippen MR) is 107 cm³/mol. The zero-order chi connectivity index (χ0) is 18.3. The summed E-state index contributed by atoms with van der Waals surface area (Å²) in [4.78, 5) is 4.45. The van der Waals surface area contributed by atoms with Crippen molar-refractivity contribution >= 4 is 32.7 Å². The molecular formula is C21H20BrFN2O. The number of aliphatic imine (C=N–C) groups is 1. The highest BCUT2D eigenvalue weighted by Crippen LogP contribution is 2.32. The first-order valence-electron chi connectivity index (χ1n) is 8.79. The first-order valence-corrected chi connectivity index (χ1v) is 9.58. The number of hydrogen-bond acceptors (Lipinski definition) is 3. The van der Waals surface area contributed by atoms with Gasteiger partial charge in [0.05, 0.1) is 6.54 Å². The van der Waals surface area contributed by atoms with Gasteiger partial charge in [0, 0.05) is 22.0 Å². The Bertz CT molecular complexity index is 1020. The minimum absolute atomic E-state index is 0.183. The van der Waals surface area contributed by atoms with Gasteiger partial charge in [-0.15, -0.1) is 0 Å². The van der Waals surface area contributed by atoms with Crippen molar-refractivity contribution in [1.29, 1.82) is 0 Å². The van der Waals surface area contributed by atoms with Crippen molar-refractivity contribution in [2.75, 3.05) is 13.1 Å². The number of nitrogens with zero attached hydrogens (tertiary/aromatic N) is 1. The highest BCUT2D eigenvalue weighted by molar-refractivity contribution is 9.10. The van der Waals surface area contributed by atoms with Crippen molar-refractivity contribution in [3.05, 3.63) is 68.6 Å². The van der Waals surface area contributed by atoms with Crippen LogP contribution in [0.1, 0.15) is 28.0 Å². The van der Waals surface area contributed by atoms with Crippen molar-refractivity contribution < 1.29 is 8.81 Å². The molecule has 0 unspecified atom stereocenters. The van der Waals surface area contributed by atoms with Gasteiger partial charge in [-0.3, -0.25) is 4.99 Å². The van der Waals surface area contributed by atoms with Crippen LogP contribution in [-0.4, -0.2) is 18.9 Å². The van der Waals surface area contributed by atoms with Crippen LogP contribution in [0.15, 0.2) is 44.2 Å². The van der Waals surface area contributed by atoms with Crippen LogP contribution < -0.4 is 5.32 Å². The Morgan fingerprint density at radius 2 is 2.08 bits per heavy atom. The summed E-state index contributed by atoms with van der Waals surface area (Å²) in [7, 11) is 0. The molecule has 0 aliphatic carbocycles. The maximum Gasteiger partial charge on any atom is 0.137 e. The van der Waals surface area contributed by atoms with E-state index < -0.39 is 0 Å². The van der Waals surface area contributed by atoms with Gasteiger partial charge in [0.2, 0.25) is 0 Å². The molecule has 3 aromatic rings. The minimum Gasteiger partial charge on any atom is -0.461 e. The molecule has 0 spiro atoms. The summed E-state index contributed by atoms with van der Waals surface area (Å²) in [6, 6.07) is 9.35. The predicted octanol–water partition coefficient (Wildman–Crippen LogP) is 5.09. The molecule has 26 heavy (non-hydrogen) atoms. The SMILES string of the molecule is Cc1oc2c(CCc3c(F)cccc3C3=NCCN3)cc(Br)cc2c1C. The second-order valence-corrected chi connectivity index (χ2v) is 7.56. The summed E-state index contributed by atoms with van der Waals surface area (Å²) in [6.45, 7) is 5.59. The van der Waals surface area contributed by atoms with Crippen LogP contribution in [0.3, 0.4) is 0 Å². The largest absolute Gasteiger partial charge is 0.461 e. The van der Waals surface area contributed by atoms with Gasteiger partial charge >= 0.3 is 0 Å². The maximum atomic E-state index is 14.6. The number of furan rings is 1. The summed E-state index contributed by atoms with van der Waals surface area (Å²) in [5.74, 6) is 1.54. The Morgan fingerprint density at radius 3 is 2.85 bits per heavy atom. The molecule has 2 heterocycles. The summed E-state index contributed by atoms with van der Waals surface area (Å²) in [5, 5.41) is 4.36. The van der Waals surface area contributed by atoms with E-state index in [-0.39, 0.29) is 5.82 Å². The van der Waals surface area contributed by atoms with Gasteiger partial charge in [-0.25, -0.2) is 4.39 Å². The molecule has 5 heteroatoms. The second kappa shape index (κ2) is 6.88. The Labute approximate surface area is 160 Å². The molecule has 0 amide bonds. The van der Waals surface area contributed by atoms with Gasteiger partial charge in [0.25, 0.3) is 0 Å². The van der Waals surface area contributed by atoms with Gasteiger partial charge in [0.15, 0.2) is 0 Å². The third-order valence-corrected chi connectivity index (χ3v) is 5.47. The van der Waals surface area contributed by atoms with Crippen LogP contribution in [0, 0.1) is 19.7 Å². The lowest BCUT2D eigenvalue weighted by atomic mass is 9.97. The molecule has 0 fully saturated rings. The van der Waals surface area contributed by atoms with E-state index in [1.807, 2.05) is 13.0 Å². The smallest absolute Gasteiger partial charge is 0.137 e. The monoisotopic (exact) mass is 414 g/mol. The Hall–Kier alpha value is -2.14. The topological polar surface area (TPSA) is 37.5 Å². The van der Waals surface area contributed by atoms with Gasteiger partial charge in [-0.2, -0.15) is 0 Å². The first-order chi connectivity index (χ1) is 12.5. The second-order valence-electron chi connectivity index (χ2n) is 6.65. The number of benzene rings is 2. The Balaban J connectivity index is 1.70. The van der Waals surface area contributed by atoms with Crippen molar-refractivity contribution in [3.63, 3.8) is 0 Å². The number of fused-ring (bicyclic) bond motifs is 1. The van der Waals surface area contributed by atoms with E-state index >= 15 is 0 Å². The average molecular weight is 415 g/mol. The van der Waals surface area contributed by atoms with Crippen molar-refractivity contribution in [2.45, 2.75) is 26.7 Å². The van der Waals surface area contributed by atoms with Gasteiger partial charge in [0.1, 0.15) is 23.0 Å². The fourth-order valence-electron chi connectivity index (χ4n) is 3.53. The number of aryl methyl sites for hydroxylation is 3. The van der Waals surface area contributed by atoms with E-state index in [9.17, 15) is 4.39 Å². The number of nitrogens with one attached hydrogen (secondary N) is 1. The molecule has 1 aliphatic rings. The standard InChI is InChI=1S/C21H20BrFN2O/c1-12-13(2)26-20-14(10-15(22)11-18(12)20)6-7-16-17(4-3-5-19(16)23)21-24-8-9-25-21/h3-5,10-11H,6-9H2,1-2H3,(H,24,25). The van der Waals surface area contributed by atoms with Crippen molar-refractivity contribution in [3.8, 4) is 0 Å². The number of hydrogen-bond donors (Lipinski definition) is 1. The number of rotatable bonds is 4. The highest BCUT2D eigenvalue weighted by atomic mass is 79.9. The summed E-state index contributed by atoms with van der Waals surface area (Å²) < 4.78 is 21.5. The average Bonchev–Trinajstić information content (AvgIpc) is 3.24. The molecule has 0 saturated carbocycles. The highest BCUT2D eigenvalue weighted by Gasteiger charge is 2.17. The maximum absolute atomic E-state index is 14.6. The molecule has 1 aromatic heterocycles. The van der Waals surface area contributed by atoms with Crippen molar-refractivity contribution in [2.24, 2.45) is 4.99 Å². The summed E-state index contributed by atoms with van der Waals surface area (Å²) in [6.07, 6.45) is 1.29. The fraction of sp³-hybridized carbons (Fsp3) is 0.286. The molecule has 1 aliphatic heterocycles. The van der Waals surface area contributed by atoms with Crippen LogP contribution in [-0.2, 0) is 12.8 Å². The zero-order valence-electron chi connectivity index (χ0n) is 14.8. The third kappa shape index (κ3) is 3.05. The van der Waals surface area contributed by atoms with Crippen LogP contribution >= 0.6 is 15.9 Å². The molecule has 3 nitrogen and oxygen atoms in total. The van der Waals surface area contributed by atoms with E-state index in [1.165, 1.54) is 6.07 Å². The molecule has 0 atom stereocenters. The van der Waals surface area contributed by atoms with E-state index in [1.54, 1.807) is 6.07 Å². The van der Waals surface area contributed by atoms with Crippen LogP contribution in [0.2, 0.25) is 0 Å². The normalized spacial score (nSPS) is 13.9. The lowest BCUT2D eigenvalue weighted by molar-refractivity contribution is 0.569. The van der Waals surface area contributed by atoms with Gasteiger partial charge in [-0.1, -0.05) is 28.1 Å². The molecule has 0 bridgehead atoms. The molecule has 134 valence electrons.